The van der Waals surface area contributed by atoms with Crippen molar-refractivity contribution in [1.29, 1.82) is 0 Å². The quantitative estimate of drug-likeness (QED) is 0.829. The third kappa shape index (κ3) is 2.42. The van der Waals surface area contributed by atoms with Gasteiger partial charge in [-0.05, 0) is 43.9 Å². The van der Waals surface area contributed by atoms with Crippen molar-refractivity contribution in [3.05, 3.63) is 0 Å². The maximum atomic E-state index is 12.3. The van der Waals surface area contributed by atoms with E-state index in [1.807, 2.05) is 0 Å². The minimum Gasteiger partial charge on any atom is -0.480 e. The van der Waals surface area contributed by atoms with Crippen LogP contribution in [0.15, 0.2) is 0 Å². The lowest BCUT2D eigenvalue weighted by Gasteiger charge is -2.37. The van der Waals surface area contributed by atoms with Crippen molar-refractivity contribution in [1.82, 2.24) is 5.32 Å². The van der Waals surface area contributed by atoms with Crippen LogP contribution in [-0.4, -0.2) is 28.7 Å². The summed E-state index contributed by atoms with van der Waals surface area (Å²) in [6.07, 6.45) is -1.79. The second-order valence-corrected chi connectivity index (χ2v) is 5.74. The molecule has 19 heavy (non-hydrogen) atoms. The fourth-order valence-corrected chi connectivity index (χ4v) is 3.56. The number of rotatable bonds is 3. The first kappa shape index (κ1) is 14.1. The Labute approximate surface area is 108 Å². The molecular weight excluding hydrogens is 263 g/mol. The molecule has 4 atom stereocenters. The van der Waals surface area contributed by atoms with Gasteiger partial charge in [0.05, 0.1) is 0 Å². The van der Waals surface area contributed by atoms with E-state index in [0.717, 1.165) is 19.3 Å². The van der Waals surface area contributed by atoms with Gasteiger partial charge in [0.25, 0.3) is 0 Å². The van der Waals surface area contributed by atoms with Crippen LogP contribution in [0.5, 0.6) is 0 Å². The number of carbonyl (C=O) groups is 2. The Hall–Kier alpha value is -1.27. The van der Waals surface area contributed by atoms with Crippen LogP contribution in [0, 0.1) is 17.8 Å². The molecule has 2 aliphatic carbocycles. The van der Waals surface area contributed by atoms with E-state index in [2.05, 4.69) is 0 Å². The van der Waals surface area contributed by atoms with Gasteiger partial charge in [0.2, 0.25) is 0 Å². The van der Waals surface area contributed by atoms with Gasteiger partial charge in [-0.25, -0.2) is 4.79 Å². The van der Waals surface area contributed by atoms with Crippen LogP contribution in [0.25, 0.3) is 0 Å². The predicted octanol–water partition coefficient (Wildman–Crippen LogP) is 1.94. The van der Waals surface area contributed by atoms with E-state index in [9.17, 15) is 27.9 Å². The number of hydrogen-bond acceptors (Lipinski definition) is 2. The normalized spacial score (nSPS) is 32.9. The van der Waals surface area contributed by atoms with Gasteiger partial charge in [0, 0.05) is 0 Å². The number of halogens is 3. The largest absolute Gasteiger partial charge is 0.480 e. The van der Waals surface area contributed by atoms with Crippen LogP contribution < -0.4 is 5.32 Å². The first-order chi connectivity index (χ1) is 8.64. The summed E-state index contributed by atoms with van der Waals surface area (Å²) < 4.78 is 36.9. The fourth-order valence-electron chi connectivity index (χ4n) is 3.56. The Morgan fingerprint density at radius 3 is 2.21 bits per heavy atom. The van der Waals surface area contributed by atoms with E-state index in [0.29, 0.717) is 12.3 Å². The smallest absolute Gasteiger partial charge is 0.471 e. The zero-order chi connectivity index (χ0) is 14.4. The number of carbonyl (C=O) groups excluding carboxylic acids is 1. The molecule has 0 heterocycles. The zero-order valence-corrected chi connectivity index (χ0v) is 10.5. The second kappa shape index (κ2) is 4.38. The highest BCUT2D eigenvalue weighted by Gasteiger charge is 2.55. The van der Waals surface area contributed by atoms with Gasteiger partial charge in [-0.3, -0.25) is 4.79 Å². The van der Waals surface area contributed by atoms with E-state index in [1.54, 1.807) is 5.32 Å². The molecule has 0 aliphatic heterocycles. The van der Waals surface area contributed by atoms with E-state index in [1.165, 1.54) is 6.92 Å². The fraction of sp³-hybridized carbons (Fsp3) is 0.833. The summed E-state index contributed by atoms with van der Waals surface area (Å²) in [4.78, 5) is 22.4. The molecule has 2 saturated carbocycles. The number of alkyl halides is 3. The maximum absolute atomic E-state index is 12.3. The Bertz CT molecular complexity index is 410. The highest BCUT2D eigenvalue weighted by Crippen LogP contribution is 2.52. The van der Waals surface area contributed by atoms with Gasteiger partial charge in [-0.15, -0.1) is 0 Å². The summed E-state index contributed by atoms with van der Waals surface area (Å²) in [5.41, 5.74) is -1.84. The van der Waals surface area contributed by atoms with E-state index in [4.69, 9.17) is 0 Å². The van der Waals surface area contributed by atoms with Gasteiger partial charge in [0.1, 0.15) is 5.54 Å². The topological polar surface area (TPSA) is 66.4 Å². The van der Waals surface area contributed by atoms with Gasteiger partial charge in [-0.1, -0.05) is 6.42 Å². The van der Waals surface area contributed by atoms with Crippen molar-refractivity contribution in [2.45, 2.75) is 44.3 Å². The third-order valence-corrected chi connectivity index (χ3v) is 4.55. The summed E-state index contributed by atoms with van der Waals surface area (Å²) in [5, 5.41) is 10.9. The lowest BCUT2D eigenvalue weighted by Crippen LogP contribution is -2.60. The molecule has 0 radical (unpaired) electrons. The molecular formula is C12H16F3NO3. The van der Waals surface area contributed by atoms with E-state index >= 15 is 0 Å². The molecule has 108 valence electrons. The third-order valence-electron chi connectivity index (χ3n) is 4.55. The molecule has 4 unspecified atom stereocenters. The average molecular weight is 279 g/mol. The van der Waals surface area contributed by atoms with Crippen molar-refractivity contribution in [2.75, 3.05) is 0 Å². The first-order valence-corrected chi connectivity index (χ1v) is 6.27. The van der Waals surface area contributed by atoms with E-state index < -0.39 is 29.5 Å². The maximum Gasteiger partial charge on any atom is 0.471 e. The standard InChI is InChI=1S/C12H16F3NO3/c1-11(10(18)19,16-9(17)12(13,14)15)8-5-6-2-3-7(8)4-6/h6-8H,2-5H2,1H3,(H,16,17)(H,18,19). The SMILES string of the molecule is CC(NC(=O)C(F)(F)F)(C(=O)O)C1CC2CCC1C2. The van der Waals surface area contributed by atoms with Crippen LogP contribution >= 0.6 is 0 Å². The Morgan fingerprint density at radius 2 is 1.84 bits per heavy atom. The predicted molar refractivity (Wildman–Crippen MR) is 59.2 cm³/mol. The van der Waals surface area contributed by atoms with Crippen LogP contribution in [0.4, 0.5) is 13.2 Å². The molecule has 1 amide bonds. The highest BCUT2D eigenvalue weighted by molar-refractivity contribution is 5.89. The second-order valence-electron chi connectivity index (χ2n) is 5.74. The number of amides is 1. The molecule has 7 heteroatoms. The highest BCUT2D eigenvalue weighted by atomic mass is 19.4. The summed E-state index contributed by atoms with van der Waals surface area (Å²) in [6, 6.07) is 0. The summed E-state index contributed by atoms with van der Waals surface area (Å²) in [7, 11) is 0. The van der Waals surface area contributed by atoms with Crippen molar-refractivity contribution in [3.63, 3.8) is 0 Å². The summed E-state index contributed by atoms with van der Waals surface area (Å²) in [5.74, 6) is -3.52. The molecule has 2 bridgehead atoms. The molecule has 2 rings (SSSR count). The Kier molecular flexibility index (Phi) is 3.26. The first-order valence-electron chi connectivity index (χ1n) is 6.27. The lowest BCUT2D eigenvalue weighted by atomic mass is 9.75. The van der Waals surface area contributed by atoms with Crippen molar-refractivity contribution in [3.8, 4) is 0 Å². The molecule has 0 spiro atoms. The van der Waals surface area contributed by atoms with Gasteiger partial charge < -0.3 is 10.4 Å². The van der Waals surface area contributed by atoms with Crippen LogP contribution in [0.3, 0.4) is 0 Å². The van der Waals surface area contributed by atoms with Crippen LogP contribution in [0.1, 0.15) is 32.6 Å². The minimum absolute atomic E-state index is 0.0969. The monoisotopic (exact) mass is 279 g/mol. The number of aliphatic carboxylic acids is 1. The molecule has 0 aromatic heterocycles. The summed E-state index contributed by atoms with van der Waals surface area (Å²) >= 11 is 0. The number of nitrogens with one attached hydrogen (secondary N) is 1. The minimum atomic E-state index is -5.06. The number of carboxylic acid groups (broad SMARTS) is 1. The zero-order valence-electron chi connectivity index (χ0n) is 10.5. The molecule has 0 saturated heterocycles. The molecule has 0 aromatic carbocycles. The van der Waals surface area contributed by atoms with Gasteiger partial charge in [-0.2, -0.15) is 13.2 Å². The molecule has 4 nitrogen and oxygen atoms in total. The molecule has 2 aliphatic rings. The van der Waals surface area contributed by atoms with Gasteiger partial charge >= 0.3 is 18.1 Å². The number of fused-ring (bicyclic) bond motifs is 2. The van der Waals surface area contributed by atoms with Crippen LogP contribution in [0.2, 0.25) is 0 Å². The van der Waals surface area contributed by atoms with Crippen molar-refractivity contribution < 1.29 is 27.9 Å². The van der Waals surface area contributed by atoms with Crippen LogP contribution in [-0.2, 0) is 9.59 Å². The summed E-state index contributed by atoms with van der Waals surface area (Å²) in [6.45, 7) is 1.18. The average Bonchev–Trinajstić information content (AvgIpc) is 2.88. The Balaban J connectivity index is 2.19. The van der Waals surface area contributed by atoms with Gasteiger partial charge in [0.15, 0.2) is 0 Å². The Morgan fingerprint density at radius 1 is 1.21 bits per heavy atom. The molecule has 2 fully saturated rings. The van der Waals surface area contributed by atoms with Crippen molar-refractivity contribution in [2.24, 2.45) is 17.8 Å². The van der Waals surface area contributed by atoms with E-state index in [-0.39, 0.29) is 5.92 Å². The number of carboxylic acids is 1. The van der Waals surface area contributed by atoms with Crippen molar-refractivity contribution >= 4 is 11.9 Å². The molecule has 0 aromatic rings. The number of hydrogen-bond donors (Lipinski definition) is 2. The molecule has 2 N–H and O–H groups in total. The lowest BCUT2D eigenvalue weighted by molar-refractivity contribution is -0.179.